The van der Waals surface area contributed by atoms with E-state index in [9.17, 15) is 0 Å². The normalized spacial score (nSPS) is 10.9. The van der Waals surface area contributed by atoms with Gasteiger partial charge in [-0.05, 0) is 23.5 Å². The molecule has 0 aromatic heterocycles. The van der Waals surface area contributed by atoms with E-state index in [4.69, 9.17) is 10.5 Å². The molecule has 1 rings (SSSR count). The van der Waals surface area contributed by atoms with E-state index in [0.29, 0.717) is 18.6 Å². The Hall–Kier alpha value is -1.30. The van der Waals surface area contributed by atoms with Crippen LogP contribution in [0, 0.1) is 17.3 Å². The van der Waals surface area contributed by atoms with E-state index >= 15 is 0 Å². The number of nitrogens with two attached hydrogens (primary N) is 1. The molecule has 2 heteroatoms. The molecule has 0 saturated heterocycles. The molecule has 2 N–H and O–H groups in total. The summed E-state index contributed by atoms with van der Waals surface area (Å²) in [5.41, 5.74) is 7.85. The van der Waals surface area contributed by atoms with Gasteiger partial charge in [-0.2, -0.15) is 0 Å². The maximum Gasteiger partial charge on any atom is 0.0728 e. The highest BCUT2D eigenvalue weighted by molar-refractivity contribution is 5.41. The SMILES string of the molecule is CC(C)(C)CCOCc1ccccc1C#CCN. The zero-order valence-corrected chi connectivity index (χ0v) is 11.6. The molecule has 0 aliphatic rings. The summed E-state index contributed by atoms with van der Waals surface area (Å²) in [6.45, 7) is 8.44. The monoisotopic (exact) mass is 245 g/mol. The Morgan fingerprint density at radius 3 is 2.61 bits per heavy atom. The molecule has 0 radical (unpaired) electrons. The van der Waals surface area contributed by atoms with E-state index in [1.165, 1.54) is 0 Å². The van der Waals surface area contributed by atoms with Crippen molar-refractivity contribution in [1.82, 2.24) is 0 Å². The first-order valence-corrected chi connectivity index (χ1v) is 6.37. The number of benzene rings is 1. The number of hydrogen-bond acceptors (Lipinski definition) is 2. The van der Waals surface area contributed by atoms with Crippen molar-refractivity contribution >= 4 is 0 Å². The van der Waals surface area contributed by atoms with Crippen LogP contribution < -0.4 is 5.73 Å². The predicted molar refractivity (Wildman–Crippen MR) is 76.1 cm³/mol. The van der Waals surface area contributed by atoms with Gasteiger partial charge >= 0.3 is 0 Å². The Kier molecular flexibility index (Phi) is 5.91. The maximum absolute atomic E-state index is 5.72. The molecule has 0 amide bonds. The fraction of sp³-hybridized carbons (Fsp3) is 0.500. The van der Waals surface area contributed by atoms with Crippen molar-refractivity contribution in [2.45, 2.75) is 33.8 Å². The van der Waals surface area contributed by atoms with E-state index in [2.05, 4.69) is 38.7 Å². The largest absolute Gasteiger partial charge is 0.377 e. The van der Waals surface area contributed by atoms with E-state index in [0.717, 1.165) is 24.2 Å². The lowest BCUT2D eigenvalue weighted by Crippen LogP contribution is -2.09. The van der Waals surface area contributed by atoms with Gasteiger partial charge in [-0.1, -0.05) is 50.8 Å². The number of ether oxygens (including phenoxy) is 1. The van der Waals surface area contributed by atoms with Crippen LogP contribution in [0.5, 0.6) is 0 Å². The highest BCUT2D eigenvalue weighted by Crippen LogP contribution is 2.18. The quantitative estimate of drug-likeness (QED) is 0.654. The second-order valence-corrected chi connectivity index (χ2v) is 5.53. The highest BCUT2D eigenvalue weighted by atomic mass is 16.5. The lowest BCUT2D eigenvalue weighted by atomic mass is 9.93. The summed E-state index contributed by atoms with van der Waals surface area (Å²) in [6, 6.07) is 8.05. The van der Waals surface area contributed by atoms with Crippen molar-refractivity contribution in [2.75, 3.05) is 13.2 Å². The van der Waals surface area contributed by atoms with Gasteiger partial charge in [0.2, 0.25) is 0 Å². The average molecular weight is 245 g/mol. The van der Waals surface area contributed by atoms with Gasteiger partial charge in [-0.3, -0.25) is 0 Å². The van der Waals surface area contributed by atoms with Gasteiger partial charge in [0.15, 0.2) is 0 Å². The average Bonchev–Trinajstić information content (AvgIpc) is 2.32. The minimum atomic E-state index is 0.318. The van der Waals surface area contributed by atoms with Crippen molar-refractivity contribution in [3.05, 3.63) is 35.4 Å². The molecule has 0 bridgehead atoms. The summed E-state index contributed by atoms with van der Waals surface area (Å²) < 4.78 is 5.72. The first kappa shape index (κ1) is 14.8. The van der Waals surface area contributed by atoms with E-state index in [1.807, 2.05) is 18.2 Å². The van der Waals surface area contributed by atoms with Crippen molar-refractivity contribution in [3.63, 3.8) is 0 Å². The van der Waals surface area contributed by atoms with E-state index in [-0.39, 0.29) is 0 Å². The van der Waals surface area contributed by atoms with Crippen molar-refractivity contribution in [3.8, 4) is 11.8 Å². The van der Waals surface area contributed by atoms with E-state index < -0.39 is 0 Å². The summed E-state index contributed by atoms with van der Waals surface area (Å²) in [4.78, 5) is 0. The van der Waals surface area contributed by atoms with Crippen LogP contribution in [0.2, 0.25) is 0 Å². The van der Waals surface area contributed by atoms with Gasteiger partial charge < -0.3 is 10.5 Å². The molecule has 0 fully saturated rings. The van der Waals surface area contributed by atoms with Crippen LogP contribution in [0.15, 0.2) is 24.3 Å². The lowest BCUT2D eigenvalue weighted by Gasteiger charge is -2.17. The number of hydrogen-bond donors (Lipinski definition) is 1. The molecular weight excluding hydrogens is 222 g/mol. The Labute approximate surface area is 111 Å². The highest BCUT2D eigenvalue weighted by Gasteiger charge is 2.09. The van der Waals surface area contributed by atoms with Gasteiger partial charge in [-0.25, -0.2) is 0 Å². The third-order valence-electron chi connectivity index (χ3n) is 2.60. The van der Waals surface area contributed by atoms with Crippen molar-refractivity contribution < 1.29 is 4.74 Å². The Morgan fingerprint density at radius 2 is 1.94 bits per heavy atom. The Morgan fingerprint density at radius 1 is 1.22 bits per heavy atom. The van der Waals surface area contributed by atoms with Crippen LogP contribution in [-0.4, -0.2) is 13.2 Å². The molecule has 1 aromatic carbocycles. The fourth-order valence-corrected chi connectivity index (χ4v) is 1.47. The van der Waals surface area contributed by atoms with Gasteiger partial charge in [0.1, 0.15) is 0 Å². The summed E-state index contributed by atoms with van der Waals surface area (Å²) in [5, 5.41) is 0. The summed E-state index contributed by atoms with van der Waals surface area (Å²) >= 11 is 0. The molecule has 0 spiro atoms. The third kappa shape index (κ3) is 5.86. The molecule has 98 valence electrons. The van der Waals surface area contributed by atoms with Crippen LogP contribution in [0.3, 0.4) is 0 Å². The first-order chi connectivity index (χ1) is 8.53. The number of rotatable bonds is 4. The molecule has 0 saturated carbocycles. The second kappa shape index (κ2) is 7.20. The van der Waals surface area contributed by atoms with Gasteiger partial charge in [0.25, 0.3) is 0 Å². The molecule has 0 aliphatic heterocycles. The minimum absolute atomic E-state index is 0.318. The Bertz CT molecular complexity index is 421. The predicted octanol–water partition coefficient (Wildman–Crippen LogP) is 2.95. The molecular formula is C16H23NO. The van der Waals surface area contributed by atoms with Crippen LogP contribution in [0.4, 0.5) is 0 Å². The smallest absolute Gasteiger partial charge is 0.0728 e. The topological polar surface area (TPSA) is 35.2 Å². The van der Waals surface area contributed by atoms with Crippen molar-refractivity contribution in [2.24, 2.45) is 11.1 Å². The molecule has 18 heavy (non-hydrogen) atoms. The Balaban J connectivity index is 2.52. The fourth-order valence-electron chi connectivity index (χ4n) is 1.47. The summed E-state index contributed by atoms with van der Waals surface area (Å²) in [6.07, 6.45) is 1.06. The molecule has 2 nitrogen and oxygen atoms in total. The van der Waals surface area contributed by atoms with Gasteiger partial charge in [0.05, 0.1) is 13.2 Å². The van der Waals surface area contributed by atoms with Crippen LogP contribution in [0.1, 0.15) is 38.3 Å². The van der Waals surface area contributed by atoms with Gasteiger partial charge in [-0.15, -0.1) is 0 Å². The zero-order valence-electron chi connectivity index (χ0n) is 11.6. The summed E-state index contributed by atoms with van der Waals surface area (Å²) in [5.74, 6) is 5.96. The lowest BCUT2D eigenvalue weighted by molar-refractivity contribution is 0.0961. The van der Waals surface area contributed by atoms with E-state index in [1.54, 1.807) is 0 Å². The van der Waals surface area contributed by atoms with Gasteiger partial charge in [0, 0.05) is 12.2 Å². The molecule has 0 heterocycles. The molecule has 0 aliphatic carbocycles. The van der Waals surface area contributed by atoms with Crippen LogP contribution >= 0.6 is 0 Å². The second-order valence-electron chi connectivity index (χ2n) is 5.53. The minimum Gasteiger partial charge on any atom is -0.377 e. The maximum atomic E-state index is 5.72. The zero-order chi connectivity index (χ0) is 13.4. The van der Waals surface area contributed by atoms with Crippen LogP contribution in [-0.2, 0) is 11.3 Å². The standard InChI is InChI=1S/C16H23NO/c1-16(2,3)10-12-18-13-15-8-5-4-7-14(15)9-6-11-17/h4-5,7-8H,10-13,17H2,1-3H3. The van der Waals surface area contributed by atoms with Crippen LogP contribution in [0.25, 0.3) is 0 Å². The molecule has 1 aromatic rings. The van der Waals surface area contributed by atoms with Crippen molar-refractivity contribution in [1.29, 1.82) is 0 Å². The molecule has 0 atom stereocenters. The first-order valence-electron chi connectivity index (χ1n) is 6.37. The molecule has 0 unspecified atom stereocenters. The summed E-state index contributed by atoms with van der Waals surface area (Å²) in [7, 11) is 0. The third-order valence-corrected chi connectivity index (χ3v) is 2.60.